The SMILES string of the molecule is C=C1CC[C@@H]2[C@](C)(COC(C)=O)[C@H](OC(C)=O)CC[C@@]2(C)[C@@H]1C[C@@H](NNC(=O)c1ccc(C(F)(F)F)cc1)C1=CCOC1=O. The van der Waals surface area contributed by atoms with Crippen molar-refractivity contribution in [2.24, 2.45) is 22.7 Å². The number of fused-ring (bicyclic) bond motifs is 1. The Kier molecular flexibility index (Phi) is 9.63. The van der Waals surface area contributed by atoms with E-state index in [1.165, 1.54) is 13.8 Å². The monoisotopic (exact) mass is 620 g/mol. The highest BCUT2D eigenvalue weighted by atomic mass is 19.4. The van der Waals surface area contributed by atoms with E-state index in [0.717, 1.165) is 36.3 Å². The van der Waals surface area contributed by atoms with Gasteiger partial charge in [-0.2, -0.15) is 13.2 Å². The van der Waals surface area contributed by atoms with Crippen LogP contribution in [0.4, 0.5) is 13.2 Å². The molecule has 0 bridgehead atoms. The molecule has 0 aromatic heterocycles. The fourth-order valence-electron chi connectivity index (χ4n) is 7.44. The molecule has 240 valence electrons. The summed E-state index contributed by atoms with van der Waals surface area (Å²) >= 11 is 0. The normalized spacial score (nSPS) is 29.2. The number of carbonyl (C=O) groups excluding carboxylic acids is 4. The minimum Gasteiger partial charge on any atom is -0.465 e. The lowest BCUT2D eigenvalue weighted by Gasteiger charge is -2.60. The summed E-state index contributed by atoms with van der Waals surface area (Å²) in [5.74, 6) is -2.26. The summed E-state index contributed by atoms with van der Waals surface area (Å²) < 4.78 is 55.4. The van der Waals surface area contributed by atoms with Crippen LogP contribution in [0.15, 0.2) is 48.1 Å². The van der Waals surface area contributed by atoms with E-state index >= 15 is 0 Å². The quantitative estimate of drug-likeness (QED) is 0.170. The summed E-state index contributed by atoms with van der Waals surface area (Å²) in [6.07, 6.45) is -0.426. The number of amides is 1. The Labute approximate surface area is 254 Å². The molecule has 0 unspecified atom stereocenters. The van der Waals surface area contributed by atoms with Crippen molar-refractivity contribution >= 4 is 23.8 Å². The van der Waals surface area contributed by atoms with Crippen molar-refractivity contribution in [1.82, 2.24) is 10.9 Å². The number of hydrogen-bond acceptors (Lipinski definition) is 8. The highest BCUT2D eigenvalue weighted by Crippen LogP contribution is 2.62. The second-order valence-electron chi connectivity index (χ2n) is 12.5. The van der Waals surface area contributed by atoms with Crippen molar-refractivity contribution in [2.75, 3.05) is 13.2 Å². The van der Waals surface area contributed by atoms with Crippen molar-refractivity contribution in [3.63, 3.8) is 0 Å². The van der Waals surface area contributed by atoms with Crippen LogP contribution in [-0.2, 0) is 34.8 Å². The minimum absolute atomic E-state index is 0.00589. The van der Waals surface area contributed by atoms with Crippen molar-refractivity contribution in [3.05, 3.63) is 59.2 Å². The molecule has 1 aromatic carbocycles. The summed E-state index contributed by atoms with van der Waals surface area (Å²) in [7, 11) is 0. The van der Waals surface area contributed by atoms with Gasteiger partial charge in [-0.05, 0) is 79.7 Å². The maximum atomic E-state index is 13.0. The lowest BCUT2D eigenvalue weighted by Crippen LogP contribution is -2.59. The van der Waals surface area contributed by atoms with Crippen LogP contribution in [-0.4, -0.2) is 49.2 Å². The molecule has 0 spiro atoms. The summed E-state index contributed by atoms with van der Waals surface area (Å²) in [5, 5.41) is 0. The molecule has 1 heterocycles. The number of benzene rings is 1. The van der Waals surface area contributed by atoms with Crippen molar-refractivity contribution in [3.8, 4) is 0 Å². The molecule has 1 amide bonds. The zero-order valence-corrected chi connectivity index (χ0v) is 25.3. The first-order valence-corrected chi connectivity index (χ1v) is 14.6. The first-order chi connectivity index (χ1) is 20.6. The van der Waals surface area contributed by atoms with Crippen molar-refractivity contribution < 1.29 is 46.6 Å². The Balaban J connectivity index is 1.59. The molecule has 4 rings (SSSR count). The third kappa shape index (κ3) is 6.85. The van der Waals surface area contributed by atoms with E-state index in [0.29, 0.717) is 31.3 Å². The Morgan fingerprint density at radius 3 is 2.36 bits per heavy atom. The fourth-order valence-corrected chi connectivity index (χ4v) is 7.44. The van der Waals surface area contributed by atoms with Gasteiger partial charge in [-0.1, -0.05) is 26.0 Å². The van der Waals surface area contributed by atoms with E-state index in [-0.39, 0.29) is 30.6 Å². The van der Waals surface area contributed by atoms with E-state index < -0.39 is 58.5 Å². The van der Waals surface area contributed by atoms with E-state index in [1.807, 2.05) is 6.92 Å². The van der Waals surface area contributed by atoms with Gasteiger partial charge in [-0.25, -0.2) is 10.2 Å². The summed E-state index contributed by atoms with van der Waals surface area (Å²) in [5.41, 5.74) is 4.84. The van der Waals surface area contributed by atoms with E-state index in [4.69, 9.17) is 14.2 Å². The van der Waals surface area contributed by atoms with Crippen LogP contribution in [0.3, 0.4) is 0 Å². The van der Waals surface area contributed by atoms with Gasteiger partial charge in [0.2, 0.25) is 0 Å². The molecule has 44 heavy (non-hydrogen) atoms. The number of esters is 3. The van der Waals surface area contributed by atoms with Gasteiger partial charge in [-0.3, -0.25) is 19.8 Å². The van der Waals surface area contributed by atoms with Gasteiger partial charge >= 0.3 is 24.1 Å². The first kappa shape index (κ1) is 33.2. The molecule has 1 aliphatic heterocycles. The zero-order valence-electron chi connectivity index (χ0n) is 25.3. The molecule has 9 nitrogen and oxygen atoms in total. The molecule has 2 aliphatic carbocycles. The highest BCUT2D eigenvalue weighted by Gasteiger charge is 2.60. The number of nitrogens with one attached hydrogen (secondary N) is 2. The van der Waals surface area contributed by atoms with Gasteiger partial charge in [0.05, 0.1) is 17.2 Å². The number of cyclic esters (lactones) is 1. The van der Waals surface area contributed by atoms with Crippen molar-refractivity contribution in [2.45, 2.75) is 78.1 Å². The van der Waals surface area contributed by atoms with E-state index in [1.54, 1.807) is 6.08 Å². The lowest BCUT2D eigenvalue weighted by atomic mass is 9.46. The van der Waals surface area contributed by atoms with Gasteiger partial charge in [0.15, 0.2) is 0 Å². The average molecular weight is 621 g/mol. The Bertz CT molecular complexity index is 1340. The van der Waals surface area contributed by atoms with Gasteiger partial charge in [0.25, 0.3) is 5.91 Å². The van der Waals surface area contributed by atoms with Crippen LogP contribution >= 0.6 is 0 Å². The predicted molar refractivity (Wildman–Crippen MR) is 152 cm³/mol. The number of halogens is 3. The minimum atomic E-state index is -4.53. The van der Waals surface area contributed by atoms with Gasteiger partial charge in [0, 0.05) is 24.8 Å². The van der Waals surface area contributed by atoms with Gasteiger partial charge in [-0.15, -0.1) is 0 Å². The number of ether oxygens (including phenoxy) is 3. The predicted octanol–water partition coefficient (Wildman–Crippen LogP) is 5.07. The fraction of sp³-hybridized carbons (Fsp3) is 0.562. The van der Waals surface area contributed by atoms with Crippen LogP contribution in [0, 0.1) is 22.7 Å². The molecular weight excluding hydrogens is 581 g/mol. The van der Waals surface area contributed by atoms with Crippen LogP contribution in [0.2, 0.25) is 0 Å². The number of alkyl halides is 3. The second-order valence-corrected chi connectivity index (χ2v) is 12.5. The molecule has 12 heteroatoms. The van der Waals surface area contributed by atoms with E-state index in [2.05, 4.69) is 24.4 Å². The molecule has 2 fully saturated rings. The molecule has 0 saturated heterocycles. The zero-order chi connectivity index (χ0) is 32.4. The topological polar surface area (TPSA) is 120 Å². The smallest absolute Gasteiger partial charge is 0.416 e. The molecule has 3 aliphatic rings. The lowest BCUT2D eigenvalue weighted by molar-refractivity contribution is -0.192. The molecule has 0 radical (unpaired) electrons. The number of allylic oxidation sites excluding steroid dienone is 1. The highest BCUT2D eigenvalue weighted by molar-refractivity contribution is 5.94. The number of hydrazine groups is 1. The standard InChI is InChI=1S/C32H39F3N2O7/c1-18-6-11-26-30(4,14-12-27(44-20(3)39)31(26,5)17-43-19(2)38)24(18)16-25(23-13-15-42-29(23)41)36-37-28(40)21-7-9-22(10-8-21)32(33,34)35/h7-10,13,24-27,36H,1,6,11-12,14-17H2,2-5H3,(H,37,40)/t24-,25-,26+,27-,30+,31+/m1/s1. The van der Waals surface area contributed by atoms with Crippen LogP contribution in [0.1, 0.15) is 75.7 Å². The Morgan fingerprint density at radius 1 is 1.11 bits per heavy atom. The van der Waals surface area contributed by atoms with Crippen LogP contribution in [0.25, 0.3) is 0 Å². The maximum absolute atomic E-state index is 13.0. The third-order valence-corrected chi connectivity index (χ3v) is 9.65. The largest absolute Gasteiger partial charge is 0.465 e. The number of hydrogen-bond donors (Lipinski definition) is 2. The third-order valence-electron chi connectivity index (χ3n) is 9.65. The second kappa shape index (κ2) is 12.7. The summed E-state index contributed by atoms with van der Waals surface area (Å²) in [6, 6.07) is 3.12. The van der Waals surface area contributed by atoms with Crippen LogP contribution in [0.5, 0.6) is 0 Å². The Morgan fingerprint density at radius 2 is 1.80 bits per heavy atom. The molecule has 1 aromatic rings. The molecule has 2 saturated carbocycles. The molecule has 2 N–H and O–H groups in total. The Hall–Kier alpha value is -3.67. The molecule has 6 atom stereocenters. The van der Waals surface area contributed by atoms with E-state index in [9.17, 15) is 32.3 Å². The van der Waals surface area contributed by atoms with Gasteiger partial charge < -0.3 is 14.2 Å². The van der Waals surface area contributed by atoms with Crippen molar-refractivity contribution in [1.29, 1.82) is 0 Å². The first-order valence-electron chi connectivity index (χ1n) is 14.6. The van der Waals surface area contributed by atoms with Gasteiger partial charge in [0.1, 0.15) is 19.3 Å². The maximum Gasteiger partial charge on any atom is 0.416 e. The number of rotatable bonds is 9. The molecular formula is C32H39F3N2O7. The average Bonchev–Trinajstić information content (AvgIpc) is 3.37. The number of carbonyl (C=O) groups is 4. The summed E-state index contributed by atoms with van der Waals surface area (Å²) in [6.45, 7) is 11.3. The van der Waals surface area contributed by atoms with Crippen LogP contribution < -0.4 is 10.9 Å². The summed E-state index contributed by atoms with van der Waals surface area (Å²) in [4.78, 5) is 49.4.